The van der Waals surface area contributed by atoms with Crippen LogP contribution < -0.4 is 10.6 Å². The first-order valence-corrected chi connectivity index (χ1v) is 10.7. The van der Waals surface area contributed by atoms with Crippen molar-refractivity contribution in [1.82, 2.24) is 15.5 Å². The van der Waals surface area contributed by atoms with Crippen molar-refractivity contribution in [3.8, 4) is 0 Å². The van der Waals surface area contributed by atoms with E-state index in [-0.39, 0.29) is 29.6 Å². The van der Waals surface area contributed by atoms with Gasteiger partial charge < -0.3 is 20.1 Å². The van der Waals surface area contributed by atoms with Crippen molar-refractivity contribution in [2.75, 3.05) is 46.5 Å². The normalized spacial score (nSPS) is 22.6. The maximum absolute atomic E-state index is 5.83. The molecule has 0 saturated carbocycles. The highest BCUT2D eigenvalue weighted by atomic mass is 127. The lowest BCUT2D eigenvalue weighted by atomic mass is 9.94. The summed E-state index contributed by atoms with van der Waals surface area (Å²) in [6, 6.07) is 11.2. The van der Waals surface area contributed by atoms with Gasteiger partial charge in [0.05, 0.1) is 12.1 Å². The third kappa shape index (κ3) is 7.70. The molecule has 2 fully saturated rings. The highest BCUT2D eigenvalue weighted by Gasteiger charge is 2.32. The Balaban J connectivity index is 0.00000300. The number of hydrogen-bond donors (Lipinski definition) is 2. The lowest BCUT2D eigenvalue weighted by Gasteiger charge is -2.36. The summed E-state index contributed by atoms with van der Waals surface area (Å²) in [7, 11) is 1.80. The summed E-state index contributed by atoms with van der Waals surface area (Å²) < 4.78 is 11.3. The number of nitrogens with zero attached hydrogens (tertiary/aromatic N) is 2. The topological polar surface area (TPSA) is 58.1 Å². The molecule has 0 amide bonds. The first-order chi connectivity index (χ1) is 13.7. The lowest BCUT2D eigenvalue weighted by Crippen LogP contribution is -2.51. The molecule has 2 aliphatic rings. The van der Waals surface area contributed by atoms with Gasteiger partial charge in [-0.05, 0) is 31.9 Å². The summed E-state index contributed by atoms with van der Waals surface area (Å²) in [5, 5.41) is 7.07. The van der Waals surface area contributed by atoms with Gasteiger partial charge in [-0.3, -0.25) is 9.89 Å². The standard InChI is InChI=1S/C22H36N4O2.HI/c1-3-23-21(24-18-22(27-2)11-14-28-15-12-22)25-20-10-7-13-26(17-20)16-19-8-5-4-6-9-19;/h4-6,8-9,20H,3,7,10-18H2,1-2H3,(H2,23,24,25);1H. The minimum Gasteiger partial charge on any atom is -0.381 e. The summed E-state index contributed by atoms with van der Waals surface area (Å²) in [5.74, 6) is 0.900. The van der Waals surface area contributed by atoms with Crippen LogP contribution >= 0.6 is 24.0 Å². The van der Waals surface area contributed by atoms with Crippen LogP contribution in [-0.4, -0.2) is 69.0 Å². The number of piperidine rings is 1. The Kier molecular flexibility index (Phi) is 10.7. The molecule has 1 aromatic rings. The molecule has 29 heavy (non-hydrogen) atoms. The Hall–Kier alpha value is -0.900. The molecule has 0 aliphatic carbocycles. The summed E-state index contributed by atoms with van der Waals surface area (Å²) in [4.78, 5) is 7.42. The number of aliphatic imine (C=N–C) groups is 1. The lowest BCUT2D eigenvalue weighted by molar-refractivity contribution is -0.0828. The molecule has 0 radical (unpaired) electrons. The fraction of sp³-hybridized carbons (Fsp3) is 0.682. The van der Waals surface area contributed by atoms with Crippen molar-refractivity contribution in [3.63, 3.8) is 0 Å². The van der Waals surface area contributed by atoms with E-state index in [0.29, 0.717) is 12.6 Å². The first kappa shape index (κ1) is 24.4. The molecule has 1 unspecified atom stereocenters. The van der Waals surface area contributed by atoms with Crippen LogP contribution in [-0.2, 0) is 16.0 Å². The minimum absolute atomic E-state index is 0. The van der Waals surface area contributed by atoms with Crippen molar-refractivity contribution in [2.24, 2.45) is 4.99 Å². The second kappa shape index (κ2) is 12.7. The van der Waals surface area contributed by atoms with Crippen LogP contribution in [0.4, 0.5) is 0 Å². The van der Waals surface area contributed by atoms with Gasteiger partial charge in [0.2, 0.25) is 0 Å². The van der Waals surface area contributed by atoms with Crippen LogP contribution in [0.1, 0.15) is 38.2 Å². The van der Waals surface area contributed by atoms with Gasteiger partial charge in [-0.15, -0.1) is 24.0 Å². The number of benzene rings is 1. The van der Waals surface area contributed by atoms with Gasteiger partial charge >= 0.3 is 0 Å². The van der Waals surface area contributed by atoms with Crippen LogP contribution in [0.3, 0.4) is 0 Å². The molecule has 6 nitrogen and oxygen atoms in total. The SMILES string of the molecule is CCNC(=NCC1(OC)CCOCC1)NC1CCCN(Cc2ccccc2)C1.I. The molecule has 2 N–H and O–H groups in total. The smallest absolute Gasteiger partial charge is 0.191 e. The predicted octanol–water partition coefficient (Wildman–Crippen LogP) is 3.02. The number of nitrogens with one attached hydrogen (secondary N) is 2. The van der Waals surface area contributed by atoms with Gasteiger partial charge in [0, 0.05) is 58.8 Å². The van der Waals surface area contributed by atoms with E-state index < -0.39 is 0 Å². The fourth-order valence-electron chi connectivity index (χ4n) is 4.07. The predicted molar refractivity (Wildman–Crippen MR) is 129 cm³/mol. The molecule has 2 aliphatic heterocycles. The molecular weight excluding hydrogens is 479 g/mol. The highest BCUT2D eigenvalue weighted by Crippen LogP contribution is 2.24. The first-order valence-electron chi connectivity index (χ1n) is 10.7. The third-order valence-corrected chi connectivity index (χ3v) is 5.80. The van der Waals surface area contributed by atoms with Crippen molar-refractivity contribution in [3.05, 3.63) is 35.9 Å². The number of rotatable bonds is 7. The number of ether oxygens (including phenoxy) is 2. The monoisotopic (exact) mass is 516 g/mol. The molecule has 0 spiro atoms. The average Bonchev–Trinajstić information content (AvgIpc) is 2.74. The largest absolute Gasteiger partial charge is 0.381 e. The van der Waals surface area contributed by atoms with Gasteiger partial charge in [-0.25, -0.2) is 0 Å². The minimum atomic E-state index is -0.188. The van der Waals surface area contributed by atoms with Gasteiger partial charge in [-0.1, -0.05) is 30.3 Å². The molecule has 1 aromatic carbocycles. The molecule has 164 valence electrons. The molecule has 0 bridgehead atoms. The zero-order valence-corrected chi connectivity index (χ0v) is 20.2. The average molecular weight is 516 g/mol. The second-order valence-corrected chi connectivity index (χ2v) is 7.90. The molecule has 2 heterocycles. The summed E-state index contributed by atoms with van der Waals surface area (Å²) in [6.07, 6.45) is 4.20. The van der Waals surface area contributed by atoms with Crippen molar-refractivity contribution in [1.29, 1.82) is 0 Å². The Bertz CT molecular complexity index is 608. The number of halogens is 1. The van der Waals surface area contributed by atoms with E-state index >= 15 is 0 Å². The molecular formula is C22H37IN4O2. The number of hydrogen-bond acceptors (Lipinski definition) is 4. The highest BCUT2D eigenvalue weighted by molar-refractivity contribution is 14.0. The summed E-state index contributed by atoms with van der Waals surface area (Å²) >= 11 is 0. The van der Waals surface area contributed by atoms with Gasteiger partial charge in [0.1, 0.15) is 0 Å². The van der Waals surface area contributed by atoms with Gasteiger partial charge in [0.15, 0.2) is 5.96 Å². The van der Waals surface area contributed by atoms with Gasteiger partial charge in [-0.2, -0.15) is 0 Å². The summed E-state index contributed by atoms with van der Waals surface area (Å²) in [5.41, 5.74) is 1.19. The third-order valence-electron chi connectivity index (χ3n) is 5.80. The zero-order chi connectivity index (χ0) is 19.7. The van der Waals surface area contributed by atoms with E-state index in [0.717, 1.165) is 58.2 Å². The van der Waals surface area contributed by atoms with E-state index in [1.165, 1.54) is 18.4 Å². The Labute approximate surface area is 192 Å². The van der Waals surface area contributed by atoms with Crippen molar-refractivity contribution < 1.29 is 9.47 Å². The zero-order valence-electron chi connectivity index (χ0n) is 17.9. The molecule has 7 heteroatoms. The molecule has 2 saturated heterocycles. The quantitative estimate of drug-likeness (QED) is 0.332. The molecule has 0 aromatic heterocycles. The van der Waals surface area contributed by atoms with E-state index in [1.807, 2.05) is 0 Å². The van der Waals surface area contributed by atoms with Crippen molar-refractivity contribution in [2.45, 2.75) is 50.8 Å². The Morgan fingerprint density at radius 2 is 2.03 bits per heavy atom. The maximum Gasteiger partial charge on any atom is 0.191 e. The molecule has 3 rings (SSSR count). The van der Waals surface area contributed by atoms with E-state index in [2.05, 4.69) is 52.8 Å². The van der Waals surface area contributed by atoms with E-state index in [1.54, 1.807) is 7.11 Å². The van der Waals surface area contributed by atoms with Crippen LogP contribution in [0.25, 0.3) is 0 Å². The Morgan fingerprint density at radius 3 is 2.72 bits per heavy atom. The summed E-state index contributed by atoms with van der Waals surface area (Å²) in [6.45, 7) is 8.36. The van der Waals surface area contributed by atoms with Crippen molar-refractivity contribution >= 4 is 29.9 Å². The molecule has 1 atom stereocenters. The van der Waals surface area contributed by atoms with Crippen LogP contribution in [0.15, 0.2) is 35.3 Å². The van der Waals surface area contributed by atoms with E-state index in [9.17, 15) is 0 Å². The number of guanidine groups is 1. The van der Waals surface area contributed by atoms with Gasteiger partial charge in [0.25, 0.3) is 0 Å². The second-order valence-electron chi connectivity index (χ2n) is 7.90. The van der Waals surface area contributed by atoms with Crippen LogP contribution in [0, 0.1) is 0 Å². The van der Waals surface area contributed by atoms with Crippen LogP contribution in [0.2, 0.25) is 0 Å². The van der Waals surface area contributed by atoms with E-state index in [4.69, 9.17) is 14.5 Å². The Morgan fingerprint density at radius 1 is 1.28 bits per heavy atom. The fourth-order valence-corrected chi connectivity index (χ4v) is 4.07. The number of methoxy groups -OCH3 is 1. The maximum atomic E-state index is 5.83. The number of likely N-dealkylation sites (tertiary alicyclic amines) is 1. The van der Waals surface area contributed by atoms with Crippen LogP contribution in [0.5, 0.6) is 0 Å².